The van der Waals surface area contributed by atoms with E-state index in [4.69, 9.17) is 9.68 Å². The van der Waals surface area contributed by atoms with Gasteiger partial charge < -0.3 is 20.0 Å². The van der Waals surface area contributed by atoms with E-state index in [9.17, 15) is 4.79 Å². The van der Waals surface area contributed by atoms with Crippen LogP contribution in [0.15, 0.2) is 58.3 Å². The van der Waals surface area contributed by atoms with Gasteiger partial charge in [-0.3, -0.25) is 9.52 Å². The summed E-state index contributed by atoms with van der Waals surface area (Å²) in [5.41, 5.74) is 3.22. The van der Waals surface area contributed by atoms with Crippen molar-refractivity contribution in [2.45, 2.75) is 29.8 Å². The smallest absolute Gasteiger partial charge is 0.272 e. The van der Waals surface area contributed by atoms with E-state index in [1.165, 1.54) is 6.26 Å². The summed E-state index contributed by atoms with van der Waals surface area (Å²) in [7, 11) is 1.55. The van der Waals surface area contributed by atoms with Crippen LogP contribution in [0.4, 0.5) is 5.69 Å². The van der Waals surface area contributed by atoms with Crippen LogP contribution in [0.3, 0.4) is 0 Å². The molecule has 0 aliphatic heterocycles. The maximum absolute atomic E-state index is 11.9. The topological polar surface area (TPSA) is 132 Å². The number of aromatic nitrogens is 3. The highest BCUT2D eigenvalue weighted by molar-refractivity contribution is 7.97. The molecule has 0 unspecified atom stereocenters. The van der Waals surface area contributed by atoms with Gasteiger partial charge in [0.1, 0.15) is 11.9 Å². The number of hydrogen-bond donors (Lipinski definition) is 4. The molecule has 4 aromatic rings. The Balaban J connectivity index is 1.29. The van der Waals surface area contributed by atoms with Gasteiger partial charge >= 0.3 is 0 Å². The number of amides is 1. The maximum atomic E-state index is 11.9. The Bertz CT molecular complexity index is 1350. The van der Waals surface area contributed by atoms with E-state index in [0.29, 0.717) is 23.1 Å². The van der Waals surface area contributed by atoms with Crippen LogP contribution in [0.1, 0.15) is 28.9 Å². The molecule has 4 N–H and O–H groups in total. The molecule has 9 nitrogen and oxygen atoms in total. The molecule has 0 radical (unpaired) electrons. The second-order valence-corrected chi connectivity index (χ2v) is 8.68. The van der Waals surface area contributed by atoms with E-state index < -0.39 is 0 Å². The fourth-order valence-corrected chi connectivity index (χ4v) is 4.60. The largest absolute Gasteiger partial charge is 0.443 e. The molecule has 0 saturated heterocycles. The van der Waals surface area contributed by atoms with Crippen LogP contribution >= 0.6 is 11.9 Å². The normalized spacial score (nSPS) is 17.3. The van der Waals surface area contributed by atoms with Crippen LogP contribution < -0.4 is 15.4 Å². The highest BCUT2D eigenvalue weighted by Gasteiger charge is 2.30. The summed E-state index contributed by atoms with van der Waals surface area (Å²) >= 11 is 1.55. The number of nitrogens with zero attached hydrogens (tertiary/aromatic N) is 3. The van der Waals surface area contributed by atoms with E-state index in [1.54, 1.807) is 31.3 Å². The van der Waals surface area contributed by atoms with Gasteiger partial charge in [-0.05, 0) is 49.1 Å². The number of nitriles is 1. The molecular formula is C23H21N7O2S. The minimum Gasteiger partial charge on any atom is -0.443 e. The van der Waals surface area contributed by atoms with Gasteiger partial charge in [0.2, 0.25) is 5.89 Å². The van der Waals surface area contributed by atoms with Gasteiger partial charge in [0, 0.05) is 41.8 Å². The van der Waals surface area contributed by atoms with E-state index in [0.717, 1.165) is 34.5 Å². The third kappa shape index (κ3) is 4.28. The average molecular weight is 460 g/mol. The first-order chi connectivity index (χ1) is 16.1. The Labute approximate surface area is 194 Å². The van der Waals surface area contributed by atoms with Crippen molar-refractivity contribution in [3.63, 3.8) is 0 Å². The Hall–Kier alpha value is -3.81. The van der Waals surface area contributed by atoms with E-state index in [-0.39, 0.29) is 17.6 Å². The zero-order valence-corrected chi connectivity index (χ0v) is 18.6. The molecule has 5 rings (SSSR count). The summed E-state index contributed by atoms with van der Waals surface area (Å²) in [5.74, 6) is 0.0366. The van der Waals surface area contributed by atoms with Crippen LogP contribution in [0, 0.1) is 11.3 Å². The number of aromatic amines is 1. The molecule has 10 heteroatoms. The highest BCUT2D eigenvalue weighted by atomic mass is 32.2. The van der Waals surface area contributed by atoms with Gasteiger partial charge in [0.15, 0.2) is 5.69 Å². The van der Waals surface area contributed by atoms with Crippen LogP contribution in [-0.2, 0) is 0 Å². The van der Waals surface area contributed by atoms with Gasteiger partial charge in [-0.25, -0.2) is 9.97 Å². The molecule has 0 spiro atoms. The van der Waals surface area contributed by atoms with E-state index in [1.807, 2.05) is 30.5 Å². The lowest BCUT2D eigenvalue weighted by atomic mass is 9.87. The molecule has 166 valence electrons. The van der Waals surface area contributed by atoms with Crippen LogP contribution in [0.5, 0.6) is 0 Å². The van der Waals surface area contributed by atoms with Crippen LogP contribution in [0.2, 0.25) is 0 Å². The number of oxazole rings is 1. The molecule has 1 aromatic carbocycles. The second kappa shape index (κ2) is 8.97. The van der Waals surface area contributed by atoms with Gasteiger partial charge in [0.05, 0.1) is 22.9 Å². The van der Waals surface area contributed by atoms with Crippen molar-refractivity contribution >= 4 is 34.6 Å². The standard InChI is InChI=1S/C23H21N7O2S/c1-25-22(31)19-12-32-23(29-19)18-11-27-21-17(5-6-26-21)20(18)28-14-8-15(9-14)30-33-16-4-2-3-13(7-16)10-24/h2-7,11-12,14-15,30H,8-9H2,1H3,(H,25,31)(H2,26,27,28). The molecule has 1 aliphatic carbocycles. The third-order valence-electron chi connectivity index (χ3n) is 5.57. The number of rotatable bonds is 7. The van der Waals surface area contributed by atoms with Gasteiger partial charge in [-0.1, -0.05) is 6.07 Å². The van der Waals surface area contributed by atoms with Gasteiger partial charge in [0.25, 0.3) is 5.91 Å². The second-order valence-electron chi connectivity index (χ2n) is 7.77. The van der Waals surface area contributed by atoms with Crippen molar-refractivity contribution < 1.29 is 9.21 Å². The summed E-state index contributed by atoms with van der Waals surface area (Å²) in [6.07, 6.45) is 6.77. The zero-order chi connectivity index (χ0) is 22.8. The number of anilines is 1. The highest BCUT2D eigenvalue weighted by Crippen LogP contribution is 2.36. The molecule has 1 fully saturated rings. The monoisotopic (exact) mass is 459 g/mol. The van der Waals surface area contributed by atoms with E-state index in [2.05, 4.69) is 36.4 Å². The predicted octanol–water partition coefficient (Wildman–Crippen LogP) is 3.69. The Morgan fingerprint density at radius 3 is 3.00 bits per heavy atom. The first kappa shape index (κ1) is 21.1. The van der Waals surface area contributed by atoms with Crippen molar-refractivity contribution in [1.29, 1.82) is 5.26 Å². The first-order valence-electron chi connectivity index (χ1n) is 10.5. The number of nitrogens with one attached hydrogen (secondary N) is 4. The molecule has 3 heterocycles. The summed E-state index contributed by atoms with van der Waals surface area (Å²) in [4.78, 5) is 24.8. The number of carbonyl (C=O) groups is 1. The Morgan fingerprint density at radius 2 is 2.18 bits per heavy atom. The lowest BCUT2D eigenvalue weighted by molar-refractivity contribution is 0.0958. The maximum Gasteiger partial charge on any atom is 0.272 e. The van der Waals surface area contributed by atoms with Crippen molar-refractivity contribution in [2.75, 3.05) is 12.4 Å². The molecule has 0 bridgehead atoms. The number of H-pyrrole nitrogens is 1. The first-order valence-corrected chi connectivity index (χ1v) is 11.3. The summed E-state index contributed by atoms with van der Waals surface area (Å²) in [6, 6.07) is 12.3. The average Bonchev–Trinajstić information content (AvgIpc) is 3.50. The lowest BCUT2D eigenvalue weighted by Crippen LogP contribution is -2.45. The number of benzene rings is 1. The third-order valence-corrected chi connectivity index (χ3v) is 6.51. The predicted molar refractivity (Wildman–Crippen MR) is 126 cm³/mol. The molecule has 1 amide bonds. The molecule has 1 saturated carbocycles. The van der Waals surface area contributed by atoms with Crippen molar-refractivity contribution in [2.24, 2.45) is 0 Å². The SMILES string of the molecule is CNC(=O)c1coc(-c2cnc3[nH]ccc3c2NC2CC(NSc3cccc(C#N)c3)C2)n1. The van der Waals surface area contributed by atoms with Gasteiger partial charge in [-0.15, -0.1) is 0 Å². The molecular weight excluding hydrogens is 438 g/mol. The summed E-state index contributed by atoms with van der Waals surface area (Å²) in [5, 5.41) is 16.2. The minimum absolute atomic E-state index is 0.220. The van der Waals surface area contributed by atoms with Crippen LogP contribution in [0.25, 0.3) is 22.5 Å². The lowest BCUT2D eigenvalue weighted by Gasteiger charge is -2.37. The number of carbonyl (C=O) groups excluding carboxylic acids is 1. The van der Waals surface area contributed by atoms with Gasteiger partial charge in [-0.2, -0.15) is 5.26 Å². The quantitative estimate of drug-likeness (QED) is 0.308. The molecule has 0 atom stereocenters. The summed E-state index contributed by atoms with van der Waals surface area (Å²) < 4.78 is 9.08. The number of fused-ring (bicyclic) bond motifs is 1. The Morgan fingerprint density at radius 1 is 1.30 bits per heavy atom. The number of pyridine rings is 1. The Kier molecular flexibility index (Phi) is 5.73. The van der Waals surface area contributed by atoms with Crippen LogP contribution in [-0.4, -0.2) is 40.0 Å². The zero-order valence-electron chi connectivity index (χ0n) is 17.8. The van der Waals surface area contributed by atoms with Crippen molar-refractivity contribution in [3.8, 4) is 17.5 Å². The molecule has 33 heavy (non-hydrogen) atoms. The summed E-state index contributed by atoms with van der Waals surface area (Å²) in [6.45, 7) is 0. The van der Waals surface area contributed by atoms with Crippen molar-refractivity contribution in [3.05, 3.63) is 60.2 Å². The minimum atomic E-state index is -0.305. The number of hydrogen-bond acceptors (Lipinski definition) is 8. The van der Waals surface area contributed by atoms with E-state index >= 15 is 0 Å². The molecule has 1 aliphatic rings. The fraction of sp³-hybridized carbons (Fsp3) is 0.217. The molecule has 3 aromatic heterocycles. The van der Waals surface area contributed by atoms with Crippen molar-refractivity contribution in [1.82, 2.24) is 25.0 Å². The fourth-order valence-electron chi connectivity index (χ4n) is 3.77.